The number of carbonyl (C=O) groups is 1. The van der Waals surface area contributed by atoms with Crippen molar-refractivity contribution in [3.05, 3.63) is 41.7 Å². The Kier molecular flexibility index (Phi) is 4.23. The van der Waals surface area contributed by atoms with Crippen molar-refractivity contribution >= 4 is 17.5 Å². The summed E-state index contributed by atoms with van der Waals surface area (Å²) >= 11 is 0. The lowest BCUT2D eigenvalue weighted by molar-refractivity contribution is 0.102. The number of hydrogen-bond acceptors (Lipinski definition) is 6. The molecule has 1 unspecified atom stereocenters. The second-order valence-electron chi connectivity index (χ2n) is 6.41. The molecule has 3 heterocycles. The van der Waals surface area contributed by atoms with E-state index in [-0.39, 0.29) is 12.0 Å². The summed E-state index contributed by atoms with van der Waals surface area (Å²) in [5.74, 6) is 1.97. The number of benzene rings is 1. The summed E-state index contributed by atoms with van der Waals surface area (Å²) in [6.45, 7) is 5.74. The van der Waals surface area contributed by atoms with Crippen molar-refractivity contribution in [1.29, 1.82) is 0 Å². The van der Waals surface area contributed by atoms with E-state index in [1.54, 1.807) is 18.5 Å². The molecular weight excluding hydrogens is 318 g/mol. The number of nitrogens with zero attached hydrogens (tertiary/aromatic N) is 3. The van der Waals surface area contributed by atoms with E-state index < -0.39 is 0 Å². The first-order chi connectivity index (χ1) is 12.2. The van der Waals surface area contributed by atoms with Gasteiger partial charge in [-0.3, -0.25) is 4.79 Å². The van der Waals surface area contributed by atoms with Gasteiger partial charge < -0.3 is 20.3 Å². The fourth-order valence-electron chi connectivity index (χ4n) is 3.19. The summed E-state index contributed by atoms with van der Waals surface area (Å²) in [6, 6.07) is 5.51. The number of carbonyl (C=O) groups excluding carboxylic acids is 1. The van der Waals surface area contributed by atoms with Gasteiger partial charge >= 0.3 is 0 Å². The van der Waals surface area contributed by atoms with E-state index in [9.17, 15) is 4.79 Å². The van der Waals surface area contributed by atoms with Crippen LogP contribution in [0.5, 0.6) is 5.75 Å². The third-order valence-electron chi connectivity index (χ3n) is 4.48. The molecule has 0 saturated carbocycles. The first-order valence-corrected chi connectivity index (χ1v) is 8.58. The number of amides is 1. The predicted molar refractivity (Wildman–Crippen MR) is 95.3 cm³/mol. The number of fused-ring (bicyclic) bond motifs is 1. The van der Waals surface area contributed by atoms with E-state index >= 15 is 0 Å². The molecule has 2 aliphatic rings. The lowest BCUT2D eigenvalue weighted by Crippen LogP contribution is -2.43. The Morgan fingerprint density at radius 2 is 2.12 bits per heavy atom. The minimum atomic E-state index is -0.188. The van der Waals surface area contributed by atoms with Crippen LogP contribution in [0.25, 0.3) is 0 Å². The number of nitrogens with one attached hydrogen (secondary N) is 2. The SMILES string of the molecule is CC1Cc2cc(C(=O)Nc3cnc(N4CCNCC4)cn3)ccc2O1. The molecule has 0 bridgehead atoms. The number of aromatic nitrogens is 2. The van der Waals surface area contributed by atoms with Gasteiger partial charge in [0.2, 0.25) is 0 Å². The van der Waals surface area contributed by atoms with Crippen LogP contribution in [0.4, 0.5) is 11.6 Å². The van der Waals surface area contributed by atoms with Gasteiger partial charge in [-0.15, -0.1) is 0 Å². The average Bonchev–Trinajstić information content (AvgIpc) is 3.02. The maximum atomic E-state index is 12.4. The Morgan fingerprint density at radius 1 is 1.28 bits per heavy atom. The van der Waals surface area contributed by atoms with Crippen LogP contribution in [-0.4, -0.2) is 48.2 Å². The number of rotatable bonds is 3. The van der Waals surface area contributed by atoms with E-state index in [0.29, 0.717) is 11.4 Å². The molecule has 1 atom stereocenters. The zero-order valence-electron chi connectivity index (χ0n) is 14.2. The third-order valence-corrected chi connectivity index (χ3v) is 4.48. The fourth-order valence-corrected chi connectivity index (χ4v) is 3.19. The van der Waals surface area contributed by atoms with E-state index in [0.717, 1.165) is 49.7 Å². The molecule has 2 aliphatic heterocycles. The number of hydrogen-bond donors (Lipinski definition) is 2. The molecule has 25 heavy (non-hydrogen) atoms. The molecule has 0 aliphatic carbocycles. The van der Waals surface area contributed by atoms with Crippen molar-refractivity contribution < 1.29 is 9.53 Å². The highest BCUT2D eigenvalue weighted by atomic mass is 16.5. The second-order valence-corrected chi connectivity index (χ2v) is 6.41. The van der Waals surface area contributed by atoms with Crippen molar-refractivity contribution in [2.24, 2.45) is 0 Å². The van der Waals surface area contributed by atoms with Crippen LogP contribution < -0.4 is 20.3 Å². The van der Waals surface area contributed by atoms with Crippen molar-refractivity contribution in [2.45, 2.75) is 19.4 Å². The zero-order chi connectivity index (χ0) is 17.2. The second kappa shape index (κ2) is 6.68. The summed E-state index contributed by atoms with van der Waals surface area (Å²) in [5.41, 5.74) is 1.67. The molecule has 7 heteroatoms. The Hall–Kier alpha value is -2.67. The monoisotopic (exact) mass is 339 g/mol. The van der Waals surface area contributed by atoms with Crippen LogP contribution in [-0.2, 0) is 6.42 Å². The molecule has 1 saturated heterocycles. The lowest BCUT2D eigenvalue weighted by atomic mass is 10.1. The van der Waals surface area contributed by atoms with Crippen LogP contribution in [0, 0.1) is 0 Å². The number of anilines is 2. The van der Waals surface area contributed by atoms with Gasteiger partial charge in [0.1, 0.15) is 17.7 Å². The molecule has 2 aromatic rings. The van der Waals surface area contributed by atoms with E-state index in [1.165, 1.54) is 0 Å². The molecule has 2 N–H and O–H groups in total. The maximum absolute atomic E-state index is 12.4. The predicted octanol–water partition coefficient (Wildman–Crippen LogP) is 1.46. The van der Waals surface area contributed by atoms with Crippen molar-refractivity contribution in [2.75, 3.05) is 36.4 Å². The zero-order valence-corrected chi connectivity index (χ0v) is 14.2. The Morgan fingerprint density at radius 3 is 2.88 bits per heavy atom. The number of ether oxygens (including phenoxy) is 1. The van der Waals surface area contributed by atoms with Crippen LogP contribution in [0.15, 0.2) is 30.6 Å². The van der Waals surface area contributed by atoms with Gasteiger partial charge in [-0.2, -0.15) is 0 Å². The maximum Gasteiger partial charge on any atom is 0.256 e. The quantitative estimate of drug-likeness (QED) is 0.881. The standard InChI is InChI=1S/C18H21N5O2/c1-12-8-14-9-13(2-3-15(14)25-12)18(24)22-16-10-21-17(11-20-16)23-6-4-19-5-7-23/h2-3,9-12,19H,4-8H2,1H3,(H,20,22,24). The molecule has 4 rings (SSSR count). The Bertz CT molecular complexity index is 772. The van der Waals surface area contributed by atoms with Crippen molar-refractivity contribution in [3.63, 3.8) is 0 Å². The molecule has 1 amide bonds. The van der Waals surface area contributed by atoms with Gasteiger partial charge in [-0.1, -0.05) is 0 Å². The highest BCUT2D eigenvalue weighted by Crippen LogP contribution is 2.29. The highest BCUT2D eigenvalue weighted by molar-refractivity contribution is 6.04. The summed E-state index contributed by atoms with van der Waals surface area (Å²) in [5, 5.41) is 6.11. The molecule has 1 fully saturated rings. The normalized spacial score (nSPS) is 19.2. The summed E-state index contributed by atoms with van der Waals surface area (Å²) in [4.78, 5) is 23.4. The summed E-state index contributed by atoms with van der Waals surface area (Å²) in [7, 11) is 0. The van der Waals surface area contributed by atoms with E-state index in [1.807, 2.05) is 19.1 Å². The molecular formula is C18H21N5O2. The first-order valence-electron chi connectivity index (χ1n) is 8.58. The van der Waals surface area contributed by atoms with Crippen LogP contribution in [0.3, 0.4) is 0 Å². The van der Waals surface area contributed by atoms with Gasteiger partial charge in [0, 0.05) is 38.2 Å². The van der Waals surface area contributed by atoms with E-state index in [2.05, 4.69) is 25.5 Å². The third kappa shape index (κ3) is 3.41. The molecule has 1 aromatic heterocycles. The number of piperazine rings is 1. The highest BCUT2D eigenvalue weighted by Gasteiger charge is 2.20. The van der Waals surface area contributed by atoms with Gasteiger partial charge in [0.05, 0.1) is 12.4 Å². The first kappa shape index (κ1) is 15.8. The lowest BCUT2D eigenvalue weighted by Gasteiger charge is -2.28. The van der Waals surface area contributed by atoms with Crippen LogP contribution in [0.2, 0.25) is 0 Å². The molecule has 0 spiro atoms. The van der Waals surface area contributed by atoms with Crippen molar-refractivity contribution in [1.82, 2.24) is 15.3 Å². The van der Waals surface area contributed by atoms with Gasteiger partial charge in [0.15, 0.2) is 5.82 Å². The van der Waals surface area contributed by atoms with Crippen LogP contribution >= 0.6 is 0 Å². The summed E-state index contributed by atoms with van der Waals surface area (Å²) in [6.07, 6.45) is 4.31. The van der Waals surface area contributed by atoms with Crippen LogP contribution in [0.1, 0.15) is 22.8 Å². The molecule has 1 aromatic carbocycles. The van der Waals surface area contributed by atoms with Gasteiger partial charge in [-0.05, 0) is 30.7 Å². The van der Waals surface area contributed by atoms with Gasteiger partial charge in [0.25, 0.3) is 5.91 Å². The topological polar surface area (TPSA) is 79.4 Å². The van der Waals surface area contributed by atoms with E-state index in [4.69, 9.17) is 4.74 Å². The smallest absolute Gasteiger partial charge is 0.256 e. The molecule has 7 nitrogen and oxygen atoms in total. The molecule has 0 radical (unpaired) electrons. The average molecular weight is 339 g/mol. The Balaban J connectivity index is 1.43. The molecule has 130 valence electrons. The largest absolute Gasteiger partial charge is 0.490 e. The minimum Gasteiger partial charge on any atom is -0.490 e. The van der Waals surface area contributed by atoms with Crippen molar-refractivity contribution in [3.8, 4) is 5.75 Å². The van der Waals surface area contributed by atoms with Gasteiger partial charge in [-0.25, -0.2) is 9.97 Å². The Labute approximate surface area is 146 Å². The summed E-state index contributed by atoms with van der Waals surface area (Å²) < 4.78 is 5.67. The fraction of sp³-hybridized carbons (Fsp3) is 0.389. The minimum absolute atomic E-state index is 0.164.